The second-order valence-electron chi connectivity index (χ2n) is 7.51. The van der Waals surface area contributed by atoms with Gasteiger partial charge in [0.2, 0.25) is 5.95 Å². The Hall–Kier alpha value is -2.51. The molecule has 28 heavy (non-hydrogen) atoms. The highest BCUT2D eigenvalue weighted by Gasteiger charge is 2.21. The Balaban J connectivity index is 1.29. The molecule has 0 saturated carbocycles. The molecule has 0 bridgehead atoms. The van der Waals surface area contributed by atoms with Gasteiger partial charge in [0.05, 0.1) is 6.20 Å². The van der Waals surface area contributed by atoms with Crippen LogP contribution in [-0.4, -0.2) is 90.9 Å². The van der Waals surface area contributed by atoms with E-state index in [0.29, 0.717) is 0 Å². The number of likely N-dealkylation sites (N-methyl/N-ethyl adjacent to an activating group) is 1. The van der Waals surface area contributed by atoms with Gasteiger partial charge in [-0.1, -0.05) is 42.5 Å². The average Bonchev–Trinajstić information content (AvgIpc) is 2.76. The Morgan fingerprint density at radius 1 is 0.893 bits per heavy atom. The van der Waals surface area contributed by atoms with Crippen LogP contribution in [0.15, 0.2) is 42.6 Å². The summed E-state index contributed by atoms with van der Waals surface area (Å²) in [4.78, 5) is 14.2. The van der Waals surface area contributed by atoms with Crippen molar-refractivity contribution >= 4 is 17.8 Å². The summed E-state index contributed by atoms with van der Waals surface area (Å²) in [6.45, 7) is 9.01. The highest BCUT2D eigenvalue weighted by Crippen LogP contribution is 2.17. The van der Waals surface area contributed by atoms with Gasteiger partial charge in [0.15, 0.2) is 5.82 Å². The molecule has 0 unspecified atom stereocenters. The van der Waals surface area contributed by atoms with E-state index in [2.05, 4.69) is 73.3 Å². The van der Waals surface area contributed by atoms with E-state index in [-0.39, 0.29) is 0 Å². The van der Waals surface area contributed by atoms with E-state index in [4.69, 9.17) is 4.98 Å². The molecule has 4 rings (SSSR count). The number of aromatic nitrogens is 3. The molecule has 0 atom stereocenters. The van der Waals surface area contributed by atoms with Crippen molar-refractivity contribution < 1.29 is 0 Å². The van der Waals surface area contributed by atoms with Crippen molar-refractivity contribution in [2.45, 2.75) is 0 Å². The topological polar surface area (TPSA) is 51.6 Å². The van der Waals surface area contributed by atoms with Crippen LogP contribution in [0.2, 0.25) is 0 Å². The van der Waals surface area contributed by atoms with Crippen LogP contribution in [0.4, 0.5) is 11.8 Å². The predicted octanol–water partition coefficient (Wildman–Crippen LogP) is 1.46. The second-order valence-corrected chi connectivity index (χ2v) is 7.51. The Morgan fingerprint density at radius 3 is 2.36 bits per heavy atom. The summed E-state index contributed by atoms with van der Waals surface area (Å²) >= 11 is 0. The van der Waals surface area contributed by atoms with E-state index < -0.39 is 0 Å². The molecule has 2 saturated heterocycles. The normalized spacial score (nSPS) is 19.5. The van der Waals surface area contributed by atoms with Crippen molar-refractivity contribution in [2.75, 3.05) is 75.8 Å². The maximum atomic E-state index is 4.80. The first-order valence-electron chi connectivity index (χ1n) is 10.1. The molecular weight excluding hydrogens is 350 g/mol. The summed E-state index contributed by atoms with van der Waals surface area (Å²) in [6.07, 6.45) is 6.25. The highest BCUT2D eigenvalue weighted by molar-refractivity contribution is 5.49. The zero-order valence-electron chi connectivity index (χ0n) is 16.6. The van der Waals surface area contributed by atoms with Crippen molar-refractivity contribution in [3.8, 4) is 0 Å². The maximum absolute atomic E-state index is 4.80. The summed E-state index contributed by atoms with van der Waals surface area (Å²) in [6, 6.07) is 10.5. The van der Waals surface area contributed by atoms with Crippen LogP contribution in [0, 0.1) is 0 Å². The van der Waals surface area contributed by atoms with Crippen molar-refractivity contribution in [3.63, 3.8) is 0 Å². The number of hydrogen-bond donors (Lipinski definition) is 0. The monoisotopic (exact) mass is 379 g/mol. The first-order valence-corrected chi connectivity index (χ1v) is 10.1. The SMILES string of the molecule is CN1CCN(c2nncc(N3CCN(C/C=C/c4ccccc4)CC3)n2)CC1. The molecule has 2 aromatic rings. The lowest BCUT2D eigenvalue weighted by molar-refractivity contribution is 0.283. The molecule has 148 valence electrons. The third-order valence-corrected chi connectivity index (χ3v) is 5.49. The standard InChI is InChI=1S/C21H29N7/c1-25-10-14-28(15-11-25)21-23-20(18-22-24-21)27-16-12-26(13-17-27)9-5-8-19-6-3-2-4-7-19/h2-8,18H,9-17H2,1H3/b8-5+. The largest absolute Gasteiger partial charge is 0.353 e. The number of rotatable bonds is 5. The van der Waals surface area contributed by atoms with Crippen molar-refractivity contribution in [2.24, 2.45) is 0 Å². The lowest BCUT2D eigenvalue weighted by Gasteiger charge is -2.35. The van der Waals surface area contributed by atoms with Crippen LogP contribution >= 0.6 is 0 Å². The van der Waals surface area contributed by atoms with Crippen LogP contribution in [0.25, 0.3) is 6.08 Å². The van der Waals surface area contributed by atoms with Gasteiger partial charge in [0.1, 0.15) is 0 Å². The summed E-state index contributed by atoms with van der Waals surface area (Å²) in [7, 11) is 2.15. The summed E-state index contributed by atoms with van der Waals surface area (Å²) in [5.74, 6) is 1.71. The van der Waals surface area contributed by atoms with Gasteiger partial charge in [-0.2, -0.15) is 10.1 Å². The van der Waals surface area contributed by atoms with Crippen LogP contribution in [0.1, 0.15) is 5.56 Å². The van der Waals surface area contributed by atoms with E-state index in [1.54, 1.807) is 6.20 Å². The first kappa shape index (κ1) is 18.8. The van der Waals surface area contributed by atoms with Crippen LogP contribution in [-0.2, 0) is 0 Å². The van der Waals surface area contributed by atoms with Crippen LogP contribution in [0.5, 0.6) is 0 Å². The Kier molecular flexibility index (Phi) is 6.14. The van der Waals surface area contributed by atoms with Gasteiger partial charge < -0.3 is 14.7 Å². The fraction of sp³-hybridized carbons (Fsp3) is 0.476. The van der Waals surface area contributed by atoms with E-state index in [1.807, 2.05) is 6.07 Å². The summed E-state index contributed by atoms with van der Waals surface area (Å²) in [5.41, 5.74) is 1.25. The summed E-state index contributed by atoms with van der Waals surface area (Å²) in [5, 5.41) is 8.49. The number of hydrogen-bond acceptors (Lipinski definition) is 7. The number of anilines is 2. The fourth-order valence-electron chi connectivity index (χ4n) is 3.64. The molecule has 1 aromatic heterocycles. The first-order chi connectivity index (χ1) is 13.8. The molecule has 2 aliphatic heterocycles. The quantitative estimate of drug-likeness (QED) is 0.779. The van der Waals surface area contributed by atoms with Crippen molar-refractivity contribution in [3.05, 3.63) is 48.2 Å². The minimum absolute atomic E-state index is 0.763. The van der Waals surface area contributed by atoms with Crippen LogP contribution in [0.3, 0.4) is 0 Å². The molecule has 3 heterocycles. The Labute approximate surface area is 167 Å². The molecule has 1 aromatic carbocycles. The molecule has 0 amide bonds. The molecule has 0 radical (unpaired) electrons. The molecule has 2 aliphatic rings. The second kappa shape index (κ2) is 9.12. The van der Waals surface area contributed by atoms with Gasteiger partial charge in [-0.3, -0.25) is 4.90 Å². The fourth-order valence-corrected chi connectivity index (χ4v) is 3.64. The number of benzene rings is 1. The molecule has 7 heteroatoms. The zero-order chi connectivity index (χ0) is 19.2. The van der Waals surface area contributed by atoms with Gasteiger partial charge in [-0.15, -0.1) is 5.10 Å². The number of piperazine rings is 2. The van der Waals surface area contributed by atoms with Crippen molar-refractivity contribution in [1.82, 2.24) is 25.0 Å². The van der Waals surface area contributed by atoms with E-state index >= 15 is 0 Å². The Morgan fingerprint density at radius 2 is 1.61 bits per heavy atom. The third kappa shape index (κ3) is 4.85. The third-order valence-electron chi connectivity index (χ3n) is 5.49. The molecule has 0 N–H and O–H groups in total. The maximum Gasteiger partial charge on any atom is 0.247 e. The van der Waals surface area contributed by atoms with E-state index in [1.165, 1.54) is 5.56 Å². The molecular formula is C21H29N7. The lowest BCUT2D eigenvalue weighted by Crippen LogP contribution is -2.47. The van der Waals surface area contributed by atoms with E-state index in [0.717, 1.165) is 70.7 Å². The van der Waals surface area contributed by atoms with Gasteiger partial charge in [0.25, 0.3) is 0 Å². The van der Waals surface area contributed by atoms with Gasteiger partial charge >= 0.3 is 0 Å². The smallest absolute Gasteiger partial charge is 0.247 e. The molecule has 7 nitrogen and oxygen atoms in total. The predicted molar refractivity (Wildman–Crippen MR) is 114 cm³/mol. The zero-order valence-corrected chi connectivity index (χ0v) is 16.6. The van der Waals surface area contributed by atoms with Crippen molar-refractivity contribution in [1.29, 1.82) is 0 Å². The molecule has 0 spiro atoms. The van der Waals surface area contributed by atoms with Crippen LogP contribution < -0.4 is 9.80 Å². The molecule has 0 aliphatic carbocycles. The van der Waals surface area contributed by atoms with Gasteiger partial charge in [0, 0.05) is 58.9 Å². The number of nitrogens with zero attached hydrogens (tertiary/aromatic N) is 7. The van der Waals surface area contributed by atoms with Gasteiger partial charge in [-0.25, -0.2) is 0 Å². The van der Waals surface area contributed by atoms with E-state index in [9.17, 15) is 0 Å². The Bertz CT molecular complexity index is 763. The summed E-state index contributed by atoms with van der Waals surface area (Å²) < 4.78 is 0. The van der Waals surface area contributed by atoms with Gasteiger partial charge in [-0.05, 0) is 12.6 Å². The minimum atomic E-state index is 0.763. The average molecular weight is 380 g/mol. The highest BCUT2D eigenvalue weighted by atomic mass is 15.4. The lowest BCUT2D eigenvalue weighted by atomic mass is 10.2. The minimum Gasteiger partial charge on any atom is -0.353 e. The molecule has 2 fully saturated rings.